The average molecular weight is 448 g/mol. The lowest BCUT2D eigenvalue weighted by molar-refractivity contribution is 0.00699. The quantitative estimate of drug-likeness (QED) is 0.598. The predicted molar refractivity (Wildman–Crippen MR) is 122 cm³/mol. The van der Waals surface area contributed by atoms with Gasteiger partial charge in [0.2, 0.25) is 0 Å². The monoisotopic (exact) mass is 447 g/mol. The van der Waals surface area contributed by atoms with Gasteiger partial charge in [-0.1, -0.05) is 0 Å². The maximum atomic E-state index is 12.9. The Morgan fingerprint density at radius 3 is 2.73 bits per heavy atom. The van der Waals surface area contributed by atoms with Crippen molar-refractivity contribution in [2.24, 2.45) is 0 Å². The van der Waals surface area contributed by atoms with Crippen LogP contribution in [0.15, 0.2) is 5.38 Å². The number of fused-ring (bicyclic) bond motifs is 2. The van der Waals surface area contributed by atoms with E-state index in [1.807, 2.05) is 20.8 Å². The van der Waals surface area contributed by atoms with Gasteiger partial charge in [-0.25, -0.2) is 9.59 Å². The normalized spacial score (nSPS) is 15.8. The highest BCUT2D eigenvalue weighted by Gasteiger charge is 2.29. The van der Waals surface area contributed by atoms with Crippen LogP contribution in [0, 0.1) is 0 Å². The molecule has 0 saturated carbocycles. The Morgan fingerprint density at radius 2 is 1.93 bits per heavy atom. The zero-order valence-electron chi connectivity index (χ0n) is 17.8. The van der Waals surface area contributed by atoms with Crippen molar-refractivity contribution in [1.29, 1.82) is 0 Å². The van der Waals surface area contributed by atoms with Gasteiger partial charge in [-0.05, 0) is 81.5 Å². The Hall–Kier alpha value is -1.90. The van der Waals surface area contributed by atoms with Gasteiger partial charge >= 0.3 is 12.0 Å². The highest BCUT2D eigenvalue weighted by atomic mass is 32.1. The number of aryl methyl sites for hydroxylation is 1. The summed E-state index contributed by atoms with van der Waals surface area (Å²) in [4.78, 5) is 28.1. The van der Waals surface area contributed by atoms with Gasteiger partial charge in [-0.3, -0.25) is 5.32 Å². The van der Waals surface area contributed by atoms with Crippen LogP contribution >= 0.6 is 22.7 Å². The number of hydrogen-bond donors (Lipinski definition) is 3. The molecule has 4 rings (SSSR count). The number of esters is 1. The summed E-state index contributed by atoms with van der Waals surface area (Å²) in [6, 6.07) is -0.285. The van der Waals surface area contributed by atoms with Crippen LogP contribution < -0.4 is 16.0 Å². The summed E-state index contributed by atoms with van der Waals surface area (Å²) >= 11 is 3.26. The second-order valence-corrected chi connectivity index (χ2v) is 10.9. The SMILES string of the molecule is CC(C)(C)OC(=O)c1c(NC(=O)NCc2csc3c2CCNC3)sc2c1CCCC2. The molecule has 162 valence electrons. The second kappa shape index (κ2) is 8.69. The molecule has 0 unspecified atom stereocenters. The van der Waals surface area contributed by atoms with Crippen LogP contribution in [0.1, 0.15) is 70.4 Å². The molecule has 2 amide bonds. The molecule has 2 aromatic heterocycles. The zero-order chi connectivity index (χ0) is 21.3. The van der Waals surface area contributed by atoms with Crippen LogP contribution in [0.4, 0.5) is 9.80 Å². The van der Waals surface area contributed by atoms with E-state index in [1.54, 1.807) is 11.3 Å². The number of urea groups is 1. The third-order valence-electron chi connectivity index (χ3n) is 5.35. The highest BCUT2D eigenvalue weighted by Crippen LogP contribution is 2.39. The van der Waals surface area contributed by atoms with Crippen LogP contribution in [-0.2, 0) is 37.1 Å². The smallest absolute Gasteiger partial charge is 0.341 e. The molecule has 0 radical (unpaired) electrons. The Balaban J connectivity index is 1.48. The molecule has 2 aromatic rings. The molecule has 0 aromatic carbocycles. The number of ether oxygens (including phenoxy) is 1. The van der Waals surface area contributed by atoms with Crippen molar-refractivity contribution in [2.45, 2.75) is 71.6 Å². The van der Waals surface area contributed by atoms with Crippen molar-refractivity contribution < 1.29 is 14.3 Å². The van der Waals surface area contributed by atoms with Crippen molar-refractivity contribution in [3.63, 3.8) is 0 Å². The van der Waals surface area contributed by atoms with Gasteiger partial charge in [0.25, 0.3) is 0 Å². The number of rotatable bonds is 4. The van der Waals surface area contributed by atoms with Gasteiger partial charge in [0, 0.05) is 22.8 Å². The summed E-state index contributed by atoms with van der Waals surface area (Å²) in [6.07, 6.45) is 4.99. The van der Waals surface area contributed by atoms with Crippen LogP contribution in [0.2, 0.25) is 0 Å². The summed E-state index contributed by atoms with van der Waals surface area (Å²) in [5.41, 5.74) is 3.56. The molecule has 3 heterocycles. The lowest BCUT2D eigenvalue weighted by Crippen LogP contribution is -2.30. The van der Waals surface area contributed by atoms with Crippen molar-refractivity contribution in [3.8, 4) is 0 Å². The summed E-state index contributed by atoms with van der Waals surface area (Å²) in [6.45, 7) is 7.96. The number of carbonyl (C=O) groups is 2. The third kappa shape index (κ3) is 4.71. The van der Waals surface area contributed by atoms with E-state index < -0.39 is 5.60 Å². The summed E-state index contributed by atoms with van der Waals surface area (Å²) in [5.74, 6) is -0.350. The first-order valence-corrected chi connectivity index (χ1v) is 12.2. The maximum Gasteiger partial charge on any atom is 0.341 e. The van der Waals surface area contributed by atoms with Crippen molar-refractivity contribution in [1.82, 2.24) is 10.6 Å². The molecule has 0 atom stereocenters. The van der Waals surface area contributed by atoms with E-state index in [0.29, 0.717) is 17.1 Å². The first kappa shape index (κ1) is 21.3. The first-order chi connectivity index (χ1) is 14.3. The fourth-order valence-electron chi connectivity index (χ4n) is 4.00. The van der Waals surface area contributed by atoms with Crippen molar-refractivity contribution in [3.05, 3.63) is 37.4 Å². The summed E-state index contributed by atoms with van der Waals surface area (Å²) in [7, 11) is 0. The van der Waals surface area contributed by atoms with Gasteiger partial charge in [0.05, 0.1) is 5.56 Å². The maximum absolute atomic E-state index is 12.9. The van der Waals surface area contributed by atoms with Crippen LogP contribution in [0.3, 0.4) is 0 Å². The third-order valence-corrected chi connectivity index (χ3v) is 7.63. The number of nitrogens with one attached hydrogen (secondary N) is 3. The number of thiophene rings is 2. The number of amides is 2. The standard InChI is InChI=1S/C22H29N3O3S2/c1-22(2,3)28-20(26)18-15-6-4-5-7-16(15)30-19(18)25-21(27)24-10-13-12-29-17-11-23-9-8-14(13)17/h12,23H,4-11H2,1-3H3,(H2,24,25,27). The first-order valence-electron chi connectivity index (χ1n) is 10.5. The molecule has 1 aliphatic heterocycles. The van der Waals surface area contributed by atoms with Crippen LogP contribution in [0.25, 0.3) is 0 Å². The van der Waals surface area contributed by atoms with Crippen LogP contribution in [-0.4, -0.2) is 24.1 Å². The van der Waals surface area contributed by atoms with Gasteiger partial charge in [-0.2, -0.15) is 0 Å². The molecule has 2 aliphatic rings. The second-order valence-electron chi connectivity index (χ2n) is 8.81. The molecule has 8 heteroatoms. The largest absolute Gasteiger partial charge is 0.456 e. The lowest BCUT2D eigenvalue weighted by Gasteiger charge is -2.21. The molecule has 0 fully saturated rings. The Labute approximate surface area is 185 Å². The van der Waals surface area contributed by atoms with Gasteiger partial charge in [-0.15, -0.1) is 22.7 Å². The zero-order valence-corrected chi connectivity index (χ0v) is 19.4. The molecule has 3 N–H and O–H groups in total. The topological polar surface area (TPSA) is 79.5 Å². The molecule has 0 bridgehead atoms. The van der Waals surface area contributed by atoms with E-state index in [0.717, 1.165) is 50.8 Å². The summed E-state index contributed by atoms with van der Waals surface area (Å²) < 4.78 is 5.64. The number of hydrogen-bond acceptors (Lipinski definition) is 6. The minimum atomic E-state index is -0.576. The van der Waals surface area contributed by atoms with E-state index in [4.69, 9.17) is 4.74 Å². The fourth-order valence-corrected chi connectivity index (χ4v) is 6.34. The van der Waals surface area contributed by atoms with E-state index in [-0.39, 0.29) is 12.0 Å². The highest BCUT2D eigenvalue weighted by molar-refractivity contribution is 7.17. The van der Waals surface area contributed by atoms with Gasteiger partial charge in [0.1, 0.15) is 10.6 Å². The fraction of sp³-hybridized carbons (Fsp3) is 0.545. The van der Waals surface area contributed by atoms with E-state index >= 15 is 0 Å². The minimum Gasteiger partial charge on any atom is -0.456 e. The minimum absolute atomic E-state index is 0.285. The van der Waals surface area contributed by atoms with Crippen LogP contribution in [0.5, 0.6) is 0 Å². The average Bonchev–Trinajstić information content (AvgIpc) is 3.26. The van der Waals surface area contributed by atoms with Gasteiger partial charge < -0.3 is 15.4 Å². The summed E-state index contributed by atoms with van der Waals surface area (Å²) in [5, 5.41) is 12.0. The lowest BCUT2D eigenvalue weighted by atomic mass is 9.95. The number of anilines is 1. The van der Waals surface area contributed by atoms with E-state index in [2.05, 4.69) is 21.3 Å². The predicted octanol–water partition coefficient (Wildman–Crippen LogP) is 4.61. The van der Waals surface area contributed by atoms with Gasteiger partial charge in [0.15, 0.2) is 0 Å². The van der Waals surface area contributed by atoms with E-state index in [1.165, 1.54) is 32.2 Å². The molecule has 6 nitrogen and oxygen atoms in total. The van der Waals surface area contributed by atoms with Crippen molar-refractivity contribution in [2.75, 3.05) is 11.9 Å². The molecule has 30 heavy (non-hydrogen) atoms. The molecule has 0 spiro atoms. The Kier molecular flexibility index (Phi) is 6.18. The molecular formula is C22H29N3O3S2. The molecule has 1 aliphatic carbocycles. The Bertz CT molecular complexity index is 956. The molecular weight excluding hydrogens is 418 g/mol. The molecule has 0 saturated heterocycles. The number of carbonyl (C=O) groups excluding carboxylic acids is 2. The Morgan fingerprint density at radius 1 is 1.13 bits per heavy atom. The van der Waals surface area contributed by atoms with Crippen molar-refractivity contribution >= 4 is 39.7 Å². The van der Waals surface area contributed by atoms with E-state index in [9.17, 15) is 9.59 Å².